The van der Waals surface area contributed by atoms with Gasteiger partial charge in [-0.2, -0.15) is 0 Å². The molecule has 2 aromatic rings. The van der Waals surface area contributed by atoms with Gasteiger partial charge in [-0.25, -0.2) is 4.98 Å². The second-order valence-corrected chi connectivity index (χ2v) is 9.58. The molecule has 0 saturated carbocycles. The van der Waals surface area contributed by atoms with Crippen molar-refractivity contribution >= 4 is 51.4 Å². The van der Waals surface area contributed by atoms with E-state index in [1.165, 1.54) is 4.88 Å². The number of aromatic nitrogens is 1. The van der Waals surface area contributed by atoms with E-state index in [0.717, 1.165) is 25.0 Å². The minimum absolute atomic E-state index is 0.0662. The third-order valence-corrected chi connectivity index (χ3v) is 6.85. The second kappa shape index (κ2) is 8.92. The molecule has 1 amide bonds. The van der Waals surface area contributed by atoms with Crippen molar-refractivity contribution in [3.05, 3.63) is 68.4 Å². The highest BCUT2D eigenvalue weighted by Gasteiger charge is 2.22. The average Bonchev–Trinajstić information content (AvgIpc) is 3.11. The summed E-state index contributed by atoms with van der Waals surface area (Å²) in [5.41, 5.74) is 2.05. The summed E-state index contributed by atoms with van der Waals surface area (Å²) in [4.78, 5) is 32.9. The second-order valence-electron chi connectivity index (χ2n) is 7.65. The lowest BCUT2D eigenvalue weighted by Crippen LogP contribution is -2.25. The summed E-state index contributed by atoms with van der Waals surface area (Å²) in [6.07, 6.45) is 9.00. The molecule has 4 rings (SSSR count). The van der Waals surface area contributed by atoms with Crippen LogP contribution in [0.2, 0.25) is 10.0 Å². The number of nitrogens with zero attached hydrogens (tertiary/aromatic N) is 2. The number of nitrogens with one attached hydrogen (secondary N) is 1. The van der Waals surface area contributed by atoms with E-state index in [-0.39, 0.29) is 18.2 Å². The summed E-state index contributed by atoms with van der Waals surface area (Å²) in [7, 11) is 0. The number of fused-ring (bicyclic) bond motifs is 1. The summed E-state index contributed by atoms with van der Waals surface area (Å²) < 4.78 is 0. The smallest absolute Gasteiger partial charge is 0.255 e. The Morgan fingerprint density at radius 1 is 1.33 bits per heavy atom. The van der Waals surface area contributed by atoms with Crippen LogP contribution in [0, 0.1) is 5.92 Å². The average molecular weight is 462 g/mol. The number of aryl methyl sites for hydroxylation is 1. The Balaban J connectivity index is 1.43. The van der Waals surface area contributed by atoms with Crippen LogP contribution in [0.25, 0.3) is 0 Å². The molecule has 30 heavy (non-hydrogen) atoms. The van der Waals surface area contributed by atoms with Gasteiger partial charge in [0.25, 0.3) is 5.91 Å². The molecular formula is C22H21Cl2N3O2S. The fourth-order valence-electron chi connectivity index (χ4n) is 3.60. The fourth-order valence-corrected chi connectivity index (χ4v) is 5.00. The number of carbonyl (C=O) groups is 2. The van der Waals surface area contributed by atoms with Crippen molar-refractivity contribution in [3.63, 3.8) is 0 Å². The van der Waals surface area contributed by atoms with E-state index in [1.807, 2.05) is 6.08 Å². The number of amides is 1. The van der Waals surface area contributed by atoms with Gasteiger partial charge in [0.15, 0.2) is 10.9 Å². The maximum absolute atomic E-state index is 12.7. The number of Topliss-reactive ketones (excluding diaryl/α,β-unsaturated/α-hetero) is 1. The highest BCUT2D eigenvalue weighted by Crippen LogP contribution is 2.32. The Bertz CT molecular complexity index is 1060. The van der Waals surface area contributed by atoms with Gasteiger partial charge in [-0.1, -0.05) is 36.2 Å². The number of anilines is 1. The molecule has 0 fully saturated rings. The Morgan fingerprint density at radius 2 is 2.17 bits per heavy atom. The van der Waals surface area contributed by atoms with E-state index in [2.05, 4.69) is 17.2 Å². The summed E-state index contributed by atoms with van der Waals surface area (Å²) in [6, 6.07) is 4.80. The Hall–Kier alpha value is -2.15. The first-order valence-corrected chi connectivity index (χ1v) is 11.4. The summed E-state index contributed by atoms with van der Waals surface area (Å²) >= 11 is 13.7. The topological polar surface area (TPSA) is 62.3 Å². The number of rotatable bonds is 5. The van der Waals surface area contributed by atoms with Gasteiger partial charge in [-0.3, -0.25) is 14.9 Å². The minimum atomic E-state index is -0.197. The van der Waals surface area contributed by atoms with Crippen molar-refractivity contribution < 1.29 is 9.59 Å². The minimum Gasteiger partial charge on any atom is -0.346 e. The van der Waals surface area contributed by atoms with Crippen LogP contribution < -0.4 is 5.32 Å². The zero-order valence-electron chi connectivity index (χ0n) is 16.5. The van der Waals surface area contributed by atoms with E-state index in [0.29, 0.717) is 38.7 Å². The standard InChI is InChI=1S/C22H21Cl2N3O2S/c1-13-4-7-20-18(9-13)25-22(30-20)26-21(29)14-3-2-8-27(11-14)12-19(28)16-10-15(23)5-6-17(16)24/h2,5-6,8,10-11,13H,3-4,7,9,12H2,1H3,(H,25,26,29). The number of ketones is 1. The normalized spacial score (nSPS) is 18.0. The van der Waals surface area contributed by atoms with Crippen LogP contribution in [0.1, 0.15) is 40.7 Å². The van der Waals surface area contributed by atoms with E-state index >= 15 is 0 Å². The zero-order valence-corrected chi connectivity index (χ0v) is 18.8. The number of allylic oxidation sites excluding steroid dienone is 1. The predicted molar refractivity (Wildman–Crippen MR) is 121 cm³/mol. The molecule has 1 aromatic heterocycles. The lowest BCUT2D eigenvalue weighted by atomic mass is 9.93. The van der Waals surface area contributed by atoms with Crippen molar-refractivity contribution in [3.8, 4) is 0 Å². The molecule has 1 atom stereocenters. The van der Waals surface area contributed by atoms with E-state index in [9.17, 15) is 9.59 Å². The molecule has 8 heteroatoms. The molecule has 0 saturated heterocycles. The molecule has 2 aliphatic rings. The monoisotopic (exact) mass is 461 g/mol. The molecule has 1 unspecified atom stereocenters. The molecule has 1 aliphatic carbocycles. The van der Waals surface area contributed by atoms with E-state index in [1.54, 1.807) is 46.8 Å². The van der Waals surface area contributed by atoms with Crippen LogP contribution in [0.4, 0.5) is 5.13 Å². The highest BCUT2D eigenvalue weighted by atomic mass is 35.5. The lowest BCUT2D eigenvalue weighted by molar-refractivity contribution is -0.113. The Kier molecular flexibility index (Phi) is 6.27. The molecule has 0 bridgehead atoms. The van der Waals surface area contributed by atoms with E-state index < -0.39 is 0 Å². The molecular weight excluding hydrogens is 441 g/mol. The van der Waals surface area contributed by atoms with Gasteiger partial charge in [0.05, 0.1) is 17.3 Å². The van der Waals surface area contributed by atoms with Gasteiger partial charge in [0.1, 0.15) is 0 Å². The van der Waals surface area contributed by atoms with Crippen LogP contribution in [0.5, 0.6) is 0 Å². The largest absolute Gasteiger partial charge is 0.346 e. The first-order valence-electron chi connectivity index (χ1n) is 9.80. The van der Waals surface area contributed by atoms with Crippen LogP contribution >= 0.6 is 34.5 Å². The number of carbonyl (C=O) groups excluding carboxylic acids is 2. The van der Waals surface area contributed by atoms with Crippen molar-refractivity contribution in [1.82, 2.24) is 9.88 Å². The number of benzene rings is 1. The molecule has 156 valence electrons. The van der Waals surface area contributed by atoms with Crippen LogP contribution in [-0.2, 0) is 17.6 Å². The highest BCUT2D eigenvalue weighted by molar-refractivity contribution is 7.15. The van der Waals surface area contributed by atoms with Crippen LogP contribution in [0.15, 0.2) is 42.2 Å². The Morgan fingerprint density at radius 3 is 3.00 bits per heavy atom. The third kappa shape index (κ3) is 4.77. The summed E-state index contributed by atoms with van der Waals surface area (Å²) in [5, 5.41) is 4.37. The van der Waals surface area contributed by atoms with E-state index in [4.69, 9.17) is 23.2 Å². The molecule has 5 nitrogen and oxygen atoms in total. The lowest BCUT2D eigenvalue weighted by Gasteiger charge is -2.20. The molecule has 1 N–H and O–H groups in total. The van der Waals surface area contributed by atoms with Gasteiger partial charge in [-0.15, -0.1) is 11.3 Å². The van der Waals surface area contributed by atoms with Gasteiger partial charge in [-0.05, 0) is 49.8 Å². The van der Waals surface area contributed by atoms with Gasteiger partial charge in [0, 0.05) is 33.4 Å². The zero-order chi connectivity index (χ0) is 21.3. The maximum atomic E-state index is 12.7. The van der Waals surface area contributed by atoms with Crippen molar-refractivity contribution in [2.24, 2.45) is 5.92 Å². The van der Waals surface area contributed by atoms with Crippen LogP contribution in [0.3, 0.4) is 0 Å². The third-order valence-electron chi connectivity index (χ3n) is 5.21. The Labute approximate surface area is 189 Å². The fraction of sp³-hybridized carbons (Fsp3) is 0.318. The van der Waals surface area contributed by atoms with Gasteiger partial charge in [0.2, 0.25) is 0 Å². The summed E-state index contributed by atoms with van der Waals surface area (Å²) in [5.74, 6) is 0.261. The van der Waals surface area contributed by atoms with Crippen molar-refractivity contribution in [2.75, 3.05) is 11.9 Å². The molecule has 0 radical (unpaired) electrons. The number of hydrogen-bond acceptors (Lipinski definition) is 5. The predicted octanol–water partition coefficient (Wildman–Crippen LogP) is 5.50. The molecule has 2 heterocycles. The molecule has 0 spiro atoms. The SMILES string of the molecule is CC1CCc2sc(NC(=O)C3=CN(CC(=O)c4cc(Cl)ccc4Cl)C=CC3)nc2C1. The molecule has 1 aromatic carbocycles. The number of halogens is 2. The van der Waals surface area contributed by atoms with Crippen molar-refractivity contribution in [1.29, 1.82) is 0 Å². The molecule has 1 aliphatic heterocycles. The van der Waals surface area contributed by atoms with Crippen molar-refractivity contribution in [2.45, 2.75) is 32.6 Å². The number of thiazole rings is 1. The van der Waals surface area contributed by atoms with Gasteiger partial charge < -0.3 is 4.90 Å². The maximum Gasteiger partial charge on any atom is 0.255 e. The first kappa shape index (κ1) is 21.1. The van der Waals surface area contributed by atoms with Gasteiger partial charge >= 0.3 is 0 Å². The quantitative estimate of drug-likeness (QED) is 0.597. The first-order chi connectivity index (χ1) is 14.4. The summed E-state index contributed by atoms with van der Waals surface area (Å²) in [6.45, 7) is 2.29. The van der Waals surface area contributed by atoms with Crippen LogP contribution in [-0.4, -0.2) is 28.1 Å². The number of hydrogen-bond donors (Lipinski definition) is 1.